The minimum absolute atomic E-state index is 0.0442. The van der Waals surface area contributed by atoms with Crippen molar-refractivity contribution in [1.82, 2.24) is 10.2 Å². The highest BCUT2D eigenvalue weighted by Gasteiger charge is 2.36. The lowest BCUT2D eigenvalue weighted by Crippen LogP contribution is -2.55. The molecule has 1 N–H and O–H groups in total. The summed E-state index contributed by atoms with van der Waals surface area (Å²) in [4.78, 5) is 30.3. The summed E-state index contributed by atoms with van der Waals surface area (Å²) in [6.45, 7) is 0.861. The van der Waals surface area contributed by atoms with Crippen molar-refractivity contribution in [3.8, 4) is 11.5 Å². The van der Waals surface area contributed by atoms with Gasteiger partial charge in [-0.2, -0.15) is 0 Å². The Bertz CT molecular complexity index is 1860. The number of sulfonamides is 1. The van der Waals surface area contributed by atoms with Crippen LogP contribution >= 0.6 is 0 Å². The van der Waals surface area contributed by atoms with Gasteiger partial charge in [0.15, 0.2) is 0 Å². The fraction of sp³-hybridized carbons (Fsp3) is 0.333. The van der Waals surface area contributed by atoms with E-state index in [9.17, 15) is 18.0 Å². The van der Waals surface area contributed by atoms with Crippen LogP contribution in [0.4, 0.5) is 10.1 Å². The summed E-state index contributed by atoms with van der Waals surface area (Å²) in [7, 11) is -1.54. The molecule has 5 rings (SSSR count). The van der Waals surface area contributed by atoms with E-state index >= 15 is 4.39 Å². The first-order valence-corrected chi connectivity index (χ1v) is 18.2. The molecule has 2 amide bonds. The van der Waals surface area contributed by atoms with Gasteiger partial charge in [-0.05, 0) is 55.7 Å². The first kappa shape index (κ1) is 36.4. The SMILES string of the molecule is COc1ccc(OC)c(N(CC(=O)N(Cc2ccccc2F)C(Cc2ccccc2)C(=O)NC2CCCCC2)S(=O)(=O)c2ccc(C)cc2)c1. The third-order valence-corrected chi connectivity index (χ3v) is 10.8. The molecule has 1 atom stereocenters. The molecule has 0 aromatic heterocycles. The van der Waals surface area contributed by atoms with Gasteiger partial charge in [0.2, 0.25) is 11.8 Å². The molecule has 4 aromatic rings. The molecule has 50 heavy (non-hydrogen) atoms. The van der Waals surface area contributed by atoms with Crippen LogP contribution in [0.2, 0.25) is 0 Å². The summed E-state index contributed by atoms with van der Waals surface area (Å²) in [5, 5.41) is 3.16. The lowest BCUT2D eigenvalue weighted by molar-refractivity contribution is -0.140. The van der Waals surface area contributed by atoms with Crippen LogP contribution in [0.25, 0.3) is 0 Å². The molecule has 0 bridgehead atoms. The van der Waals surface area contributed by atoms with Gasteiger partial charge in [-0.3, -0.25) is 13.9 Å². The van der Waals surface area contributed by atoms with Crippen molar-refractivity contribution in [2.24, 2.45) is 0 Å². The normalized spacial score (nSPS) is 14.0. The molecule has 11 heteroatoms. The summed E-state index contributed by atoms with van der Waals surface area (Å²) >= 11 is 0. The highest BCUT2D eigenvalue weighted by atomic mass is 32.2. The van der Waals surface area contributed by atoms with E-state index in [4.69, 9.17) is 9.47 Å². The van der Waals surface area contributed by atoms with Gasteiger partial charge < -0.3 is 19.7 Å². The molecule has 1 aliphatic rings. The molecule has 0 spiro atoms. The van der Waals surface area contributed by atoms with Crippen LogP contribution < -0.4 is 19.1 Å². The van der Waals surface area contributed by atoms with E-state index < -0.39 is 34.3 Å². The lowest BCUT2D eigenvalue weighted by atomic mass is 9.94. The van der Waals surface area contributed by atoms with Crippen LogP contribution in [0, 0.1) is 12.7 Å². The van der Waals surface area contributed by atoms with E-state index in [-0.39, 0.29) is 46.8 Å². The fourth-order valence-electron chi connectivity index (χ4n) is 6.25. The molecule has 4 aromatic carbocycles. The molecule has 0 radical (unpaired) electrons. The number of ether oxygens (including phenoxy) is 2. The van der Waals surface area contributed by atoms with Gasteiger partial charge in [0.05, 0.1) is 24.8 Å². The van der Waals surface area contributed by atoms with E-state index in [1.165, 1.54) is 43.4 Å². The summed E-state index contributed by atoms with van der Waals surface area (Å²) in [6.07, 6.45) is 4.84. The van der Waals surface area contributed by atoms with Crippen molar-refractivity contribution < 1.29 is 31.9 Å². The second kappa shape index (κ2) is 16.7. The van der Waals surface area contributed by atoms with Crippen LogP contribution in [-0.2, 0) is 32.6 Å². The molecule has 9 nitrogen and oxygen atoms in total. The van der Waals surface area contributed by atoms with Crippen molar-refractivity contribution >= 4 is 27.5 Å². The Hall–Kier alpha value is -4.90. The molecule has 1 unspecified atom stereocenters. The molecule has 1 saturated carbocycles. The number of carbonyl (C=O) groups is 2. The molecule has 264 valence electrons. The number of hydrogen-bond donors (Lipinski definition) is 1. The maximum atomic E-state index is 15.3. The number of anilines is 1. The van der Waals surface area contributed by atoms with E-state index in [2.05, 4.69) is 5.32 Å². The molecule has 0 saturated heterocycles. The third kappa shape index (κ3) is 8.81. The minimum Gasteiger partial charge on any atom is -0.497 e. The third-order valence-electron chi connectivity index (χ3n) is 9.06. The molecule has 1 fully saturated rings. The zero-order chi connectivity index (χ0) is 35.7. The Morgan fingerprint density at radius 2 is 1.56 bits per heavy atom. The predicted molar refractivity (Wildman–Crippen MR) is 191 cm³/mol. The van der Waals surface area contributed by atoms with Crippen LogP contribution in [-0.4, -0.2) is 58.0 Å². The standard InChI is InChI=1S/C39H44FN3O6S/c1-28-18-21-33(22-19-28)50(46,47)43(35-25-32(48-2)20-23-37(35)49-3)27-38(44)42(26-30-14-10-11-17-34(30)40)36(24-29-12-6-4-7-13-29)39(45)41-31-15-8-5-9-16-31/h4,6-7,10-14,17-23,25,31,36H,5,8-9,15-16,24,26-27H2,1-3H3,(H,41,45). The maximum Gasteiger partial charge on any atom is 0.264 e. The Labute approximate surface area is 294 Å². The number of benzene rings is 4. The minimum atomic E-state index is -4.39. The maximum absolute atomic E-state index is 15.3. The molecular weight excluding hydrogens is 658 g/mol. The van der Waals surface area contributed by atoms with Crippen LogP contribution in [0.15, 0.2) is 102 Å². The number of aryl methyl sites for hydroxylation is 1. The Balaban J connectivity index is 1.62. The van der Waals surface area contributed by atoms with Crippen molar-refractivity contribution in [3.05, 3.63) is 120 Å². The van der Waals surface area contributed by atoms with Gasteiger partial charge in [0.1, 0.15) is 29.9 Å². The highest BCUT2D eigenvalue weighted by molar-refractivity contribution is 7.92. The number of nitrogens with one attached hydrogen (secondary N) is 1. The van der Waals surface area contributed by atoms with E-state index in [0.717, 1.165) is 47.5 Å². The van der Waals surface area contributed by atoms with Gasteiger partial charge in [-0.1, -0.05) is 85.5 Å². The van der Waals surface area contributed by atoms with Crippen molar-refractivity contribution in [2.45, 2.75) is 69.0 Å². The number of halogens is 1. The van der Waals surface area contributed by atoms with Crippen molar-refractivity contribution in [1.29, 1.82) is 0 Å². The number of amides is 2. The Morgan fingerprint density at radius 3 is 2.22 bits per heavy atom. The number of hydrogen-bond acceptors (Lipinski definition) is 6. The van der Waals surface area contributed by atoms with Crippen LogP contribution in [0.5, 0.6) is 11.5 Å². The van der Waals surface area contributed by atoms with Crippen molar-refractivity contribution in [2.75, 3.05) is 25.1 Å². The molecule has 0 heterocycles. The van der Waals surface area contributed by atoms with Gasteiger partial charge in [-0.25, -0.2) is 12.8 Å². The fourth-order valence-corrected chi connectivity index (χ4v) is 7.67. The molecule has 1 aliphatic carbocycles. The van der Waals surface area contributed by atoms with E-state index in [0.29, 0.717) is 5.75 Å². The van der Waals surface area contributed by atoms with Crippen LogP contribution in [0.3, 0.4) is 0 Å². The highest BCUT2D eigenvalue weighted by Crippen LogP contribution is 2.36. The summed E-state index contributed by atoms with van der Waals surface area (Å²) in [6, 6.07) is 25.2. The number of nitrogens with zero attached hydrogens (tertiary/aromatic N) is 2. The lowest BCUT2D eigenvalue weighted by Gasteiger charge is -2.35. The Kier molecular flexibility index (Phi) is 12.1. The largest absolute Gasteiger partial charge is 0.497 e. The van der Waals surface area contributed by atoms with Crippen molar-refractivity contribution in [3.63, 3.8) is 0 Å². The average Bonchev–Trinajstić information content (AvgIpc) is 3.13. The van der Waals surface area contributed by atoms with Gasteiger partial charge >= 0.3 is 0 Å². The summed E-state index contributed by atoms with van der Waals surface area (Å²) in [5.74, 6) is -1.10. The monoisotopic (exact) mass is 701 g/mol. The topological polar surface area (TPSA) is 105 Å². The van der Waals surface area contributed by atoms with E-state index in [1.807, 2.05) is 37.3 Å². The zero-order valence-electron chi connectivity index (χ0n) is 28.7. The molecule has 0 aliphatic heterocycles. The first-order valence-electron chi connectivity index (χ1n) is 16.8. The number of carbonyl (C=O) groups excluding carboxylic acids is 2. The summed E-state index contributed by atoms with van der Waals surface area (Å²) in [5.41, 5.74) is 1.91. The number of rotatable bonds is 14. The second-order valence-corrected chi connectivity index (χ2v) is 14.4. The van der Waals surface area contributed by atoms with Gasteiger partial charge in [-0.15, -0.1) is 0 Å². The van der Waals surface area contributed by atoms with Gasteiger partial charge in [0.25, 0.3) is 10.0 Å². The van der Waals surface area contributed by atoms with Crippen LogP contribution in [0.1, 0.15) is 48.8 Å². The quantitative estimate of drug-likeness (QED) is 0.162. The average molecular weight is 702 g/mol. The summed E-state index contributed by atoms with van der Waals surface area (Å²) < 4.78 is 56.1. The first-order chi connectivity index (χ1) is 24.1. The smallest absolute Gasteiger partial charge is 0.264 e. The Morgan fingerprint density at radius 1 is 0.880 bits per heavy atom. The molecular formula is C39H44FN3O6S. The van der Waals surface area contributed by atoms with E-state index in [1.54, 1.807) is 42.5 Å². The number of methoxy groups -OCH3 is 2. The van der Waals surface area contributed by atoms with Gasteiger partial charge in [0, 0.05) is 30.6 Å². The second-order valence-electron chi connectivity index (χ2n) is 12.5. The zero-order valence-corrected chi connectivity index (χ0v) is 29.5. The predicted octanol–water partition coefficient (Wildman–Crippen LogP) is 6.44.